The molecule has 0 radical (unpaired) electrons. The van der Waals surface area contributed by atoms with Gasteiger partial charge >= 0.3 is 19.5 Å². The maximum absolute atomic E-state index is 5.86. The van der Waals surface area contributed by atoms with Crippen LogP contribution in [0.3, 0.4) is 0 Å². The van der Waals surface area contributed by atoms with Crippen LogP contribution in [0.2, 0.25) is 20.1 Å². The zero-order valence-electron chi connectivity index (χ0n) is 18.0. The van der Waals surface area contributed by atoms with Crippen molar-refractivity contribution in [2.45, 2.75) is 0 Å². The Morgan fingerprint density at radius 1 is 0.400 bits per heavy atom. The standard InChI is InChI=1S/2C12H9Cl2PS2.Zn/c2*13-9-1-5-11(6-2-9)15(16,17)12-7-3-10(14)4-8-12;/h2*1-8H,(H,16,17);/q;;+2/p-2. The molecule has 0 atom stereocenters. The number of benzene rings is 4. The first-order chi connectivity index (χ1) is 16.0. The summed E-state index contributed by atoms with van der Waals surface area (Å²) in [6.07, 6.45) is 0. The van der Waals surface area contributed by atoms with Crippen molar-refractivity contribution in [1.29, 1.82) is 0 Å². The molecule has 0 aliphatic rings. The van der Waals surface area contributed by atoms with Gasteiger partial charge in [-0.2, -0.15) is 0 Å². The van der Waals surface area contributed by atoms with Crippen LogP contribution in [0.15, 0.2) is 97.1 Å². The summed E-state index contributed by atoms with van der Waals surface area (Å²) >= 11 is 45.8. The molecule has 0 saturated heterocycles. The summed E-state index contributed by atoms with van der Waals surface area (Å²) in [5.41, 5.74) is 0. The summed E-state index contributed by atoms with van der Waals surface area (Å²) in [5.74, 6) is 0. The molecule has 35 heavy (non-hydrogen) atoms. The predicted octanol–water partition coefficient (Wildman–Crippen LogP) is 7.77. The zero-order valence-corrected chi connectivity index (χ0v) is 29.0. The van der Waals surface area contributed by atoms with Crippen LogP contribution < -0.4 is 21.2 Å². The van der Waals surface area contributed by atoms with E-state index in [0.29, 0.717) is 20.1 Å². The van der Waals surface area contributed by atoms with Gasteiger partial charge in [0.05, 0.1) is 0 Å². The summed E-state index contributed by atoms with van der Waals surface area (Å²) in [5, 5.41) is 2.41. The van der Waals surface area contributed by atoms with Crippen molar-refractivity contribution in [1.82, 2.24) is 0 Å². The molecule has 0 aromatic heterocycles. The van der Waals surface area contributed by atoms with E-state index < -0.39 is 10.5 Å². The molecule has 0 heterocycles. The minimum Gasteiger partial charge on any atom is -0.738 e. The molecule has 176 valence electrons. The quantitative estimate of drug-likeness (QED) is 0.121. The molecule has 0 aliphatic carbocycles. The first-order valence-corrected chi connectivity index (χ1v) is 18.8. The molecular formula is C24H16Cl4P2S4Zn. The van der Waals surface area contributed by atoms with Crippen molar-refractivity contribution in [2.75, 3.05) is 0 Å². The first kappa shape index (κ1) is 31.9. The zero-order chi connectivity index (χ0) is 24.9. The molecule has 0 unspecified atom stereocenters. The second-order valence-corrected chi connectivity index (χ2v) is 21.0. The van der Waals surface area contributed by atoms with Gasteiger partial charge in [-0.25, -0.2) is 0 Å². The van der Waals surface area contributed by atoms with Crippen LogP contribution in [0.4, 0.5) is 0 Å². The van der Waals surface area contributed by atoms with Gasteiger partial charge in [0, 0.05) is 20.1 Å². The minimum absolute atomic E-state index is 0. The number of hydrogen-bond donors (Lipinski definition) is 0. The normalized spacial score (nSPS) is 11.1. The van der Waals surface area contributed by atoms with Gasteiger partial charge in [-0.3, -0.25) is 0 Å². The van der Waals surface area contributed by atoms with Crippen molar-refractivity contribution >= 4 is 126 Å². The first-order valence-electron chi connectivity index (χ1n) is 9.67. The monoisotopic (exact) mass is 698 g/mol. The Balaban J connectivity index is 0.000000240. The van der Waals surface area contributed by atoms with Crippen molar-refractivity contribution in [3.05, 3.63) is 117 Å². The summed E-state index contributed by atoms with van der Waals surface area (Å²) in [4.78, 5) is 0. The molecule has 4 aromatic rings. The third-order valence-electron chi connectivity index (χ3n) is 4.67. The van der Waals surface area contributed by atoms with Crippen LogP contribution in [-0.4, -0.2) is 0 Å². The minimum atomic E-state index is -2.14. The fourth-order valence-corrected chi connectivity index (χ4v) is 9.04. The van der Waals surface area contributed by atoms with Gasteiger partial charge < -0.3 is 24.5 Å². The molecule has 0 nitrogen and oxygen atoms in total. The molecule has 0 bridgehead atoms. The Labute approximate surface area is 260 Å². The van der Waals surface area contributed by atoms with E-state index in [2.05, 4.69) is 0 Å². The average Bonchev–Trinajstić information content (AvgIpc) is 2.81. The van der Waals surface area contributed by atoms with Gasteiger partial charge in [0.2, 0.25) is 0 Å². The van der Waals surface area contributed by atoms with E-state index in [1.807, 2.05) is 97.1 Å². The summed E-state index contributed by atoms with van der Waals surface area (Å²) < 4.78 is 0. The van der Waals surface area contributed by atoms with E-state index >= 15 is 0 Å². The van der Waals surface area contributed by atoms with Gasteiger partial charge in [0.25, 0.3) is 0 Å². The molecular weight excluding hydrogens is 686 g/mol. The molecule has 0 fully saturated rings. The van der Waals surface area contributed by atoms with E-state index in [9.17, 15) is 0 Å². The second kappa shape index (κ2) is 14.2. The van der Waals surface area contributed by atoms with Crippen molar-refractivity contribution < 1.29 is 19.5 Å². The SMILES string of the molecule is S=P([S-])(c1ccc(Cl)cc1)c1ccc(Cl)cc1.S=P([S-])(c1ccc(Cl)cc1)c1ccc(Cl)cc1.[Zn+2]. The van der Waals surface area contributed by atoms with E-state index in [-0.39, 0.29) is 19.5 Å². The fourth-order valence-electron chi connectivity index (χ4n) is 2.85. The van der Waals surface area contributed by atoms with Gasteiger partial charge in [-0.15, -0.1) is 34.1 Å². The van der Waals surface area contributed by atoms with Crippen LogP contribution in [0, 0.1) is 0 Å². The van der Waals surface area contributed by atoms with Gasteiger partial charge in [0.1, 0.15) is 0 Å². The maximum Gasteiger partial charge on any atom is 2.00 e. The van der Waals surface area contributed by atoms with Gasteiger partial charge in [0.15, 0.2) is 0 Å². The average molecular weight is 702 g/mol. The molecule has 0 spiro atoms. The molecule has 0 saturated carbocycles. The van der Waals surface area contributed by atoms with Crippen LogP contribution >= 0.6 is 56.9 Å². The van der Waals surface area contributed by atoms with Gasteiger partial charge in [-0.1, -0.05) is 94.9 Å². The smallest absolute Gasteiger partial charge is 0.738 e. The van der Waals surface area contributed by atoms with Crippen molar-refractivity contribution in [3.63, 3.8) is 0 Å². The Hall–Kier alpha value is 0.663. The molecule has 4 rings (SSSR count). The summed E-state index contributed by atoms with van der Waals surface area (Å²) in [6, 6.07) is 29.8. The Kier molecular flexibility index (Phi) is 12.9. The molecule has 4 aromatic carbocycles. The third-order valence-corrected chi connectivity index (χ3v) is 14.6. The fraction of sp³-hybridized carbons (Fsp3) is 0. The Morgan fingerprint density at radius 3 is 0.686 bits per heavy atom. The second-order valence-electron chi connectivity index (χ2n) is 7.01. The number of hydrogen-bond acceptors (Lipinski definition) is 4. The van der Waals surface area contributed by atoms with Crippen LogP contribution in [0.1, 0.15) is 0 Å². The van der Waals surface area contributed by atoms with Crippen LogP contribution in [0.5, 0.6) is 0 Å². The van der Waals surface area contributed by atoms with Crippen LogP contribution in [-0.2, 0) is 67.6 Å². The Morgan fingerprint density at radius 2 is 0.543 bits per heavy atom. The van der Waals surface area contributed by atoms with E-state index in [4.69, 9.17) is 94.5 Å². The van der Waals surface area contributed by atoms with Gasteiger partial charge in [-0.05, 0) is 69.7 Å². The maximum atomic E-state index is 5.86. The van der Waals surface area contributed by atoms with E-state index in [1.54, 1.807) is 0 Å². The molecule has 11 heteroatoms. The van der Waals surface area contributed by atoms with Crippen molar-refractivity contribution in [3.8, 4) is 0 Å². The third kappa shape index (κ3) is 8.84. The predicted molar refractivity (Wildman–Crippen MR) is 168 cm³/mol. The molecule has 0 aliphatic heterocycles. The van der Waals surface area contributed by atoms with Crippen LogP contribution in [0.25, 0.3) is 0 Å². The summed E-state index contributed by atoms with van der Waals surface area (Å²) in [6.45, 7) is 0. The Bertz CT molecular complexity index is 1140. The molecule has 0 N–H and O–H groups in total. The number of rotatable bonds is 4. The van der Waals surface area contributed by atoms with E-state index in [0.717, 1.165) is 21.2 Å². The topological polar surface area (TPSA) is 0 Å². The van der Waals surface area contributed by atoms with E-state index in [1.165, 1.54) is 0 Å². The largest absolute Gasteiger partial charge is 2.00 e. The van der Waals surface area contributed by atoms with Crippen molar-refractivity contribution in [2.24, 2.45) is 0 Å². The number of halogens is 4. The molecule has 0 amide bonds. The summed E-state index contributed by atoms with van der Waals surface area (Å²) in [7, 11) is 0.